The van der Waals surface area contributed by atoms with Crippen molar-refractivity contribution in [3.8, 4) is 5.75 Å². The smallest absolute Gasteiger partial charge is 0.121 e. The highest BCUT2D eigenvalue weighted by Gasteiger charge is 1.99. The summed E-state index contributed by atoms with van der Waals surface area (Å²) in [6, 6.07) is 10.3. The zero-order valence-corrected chi connectivity index (χ0v) is 10.3. The fraction of sp³-hybridized carbons (Fsp3) is 0.231. The van der Waals surface area contributed by atoms with Gasteiger partial charge in [-0.15, -0.1) is 11.3 Å². The van der Waals surface area contributed by atoms with Gasteiger partial charge in [-0.3, -0.25) is 0 Å². The number of aryl methyl sites for hydroxylation is 1. The van der Waals surface area contributed by atoms with Crippen molar-refractivity contribution in [1.29, 1.82) is 0 Å². The Morgan fingerprint density at radius 1 is 1.31 bits per heavy atom. The van der Waals surface area contributed by atoms with Crippen molar-refractivity contribution in [2.45, 2.75) is 13.5 Å². The molecule has 0 radical (unpaired) electrons. The summed E-state index contributed by atoms with van der Waals surface area (Å²) < 4.78 is 5.22. The van der Waals surface area contributed by atoms with Crippen LogP contribution in [-0.2, 0) is 6.54 Å². The molecule has 2 aromatic rings. The minimum Gasteiger partial charge on any atom is -0.496 e. The van der Waals surface area contributed by atoms with Gasteiger partial charge in [0, 0.05) is 17.1 Å². The molecule has 0 saturated heterocycles. The first-order chi connectivity index (χ1) is 7.79. The van der Waals surface area contributed by atoms with Crippen LogP contribution < -0.4 is 10.1 Å². The predicted octanol–water partition coefficient (Wildman–Crippen LogP) is 3.68. The molecule has 0 spiro atoms. The molecule has 0 fully saturated rings. The summed E-state index contributed by atoms with van der Waals surface area (Å²) in [5.74, 6) is 0.932. The highest BCUT2D eigenvalue weighted by molar-refractivity contribution is 7.09. The maximum atomic E-state index is 5.22. The molecule has 0 saturated carbocycles. The van der Waals surface area contributed by atoms with Gasteiger partial charge in [0.15, 0.2) is 0 Å². The average Bonchev–Trinajstić information content (AvgIpc) is 2.79. The lowest BCUT2D eigenvalue weighted by molar-refractivity contribution is 0.412. The Balaban J connectivity index is 2.02. The summed E-state index contributed by atoms with van der Waals surface area (Å²) in [5, 5.41) is 5.49. The van der Waals surface area contributed by atoms with E-state index in [0.717, 1.165) is 23.5 Å². The molecule has 0 aliphatic carbocycles. The number of thiophene rings is 1. The van der Waals surface area contributed by atoms with Gasteiger partial charge in [0.2, 0.25) is 0 Å². The molecule has 0 bridgehead atoms. The Morgan fingerprint density at radius 2 is 2.19 bits per heavy atom. The molecule has 1 N–H and O–H groups in total. The Hall–Kier alpha value is -1.48. The molecule has 1 aromatic heterocycles. The number of hydrogen-bond acceptors (Lipinski definition) is 3. The topological polar surface area (TPSA) is 21.3 Å². The summed E-state index contributed by atoms with van der Waals surface area (Å²) in [6.45, 7) is 2.93. The van der Waals surface area contributed by atoms with Gasteiger partial charge in [-0.25, -0.2) is 0 Å². The van der Waals surface area contributed by atoms with Crippen LogP contribution in [0.2, 0.25) is 0 Å². The van der Waals surface area contributed by atoms with Gasteiger partial charge in [0.1, 0.15) is 5.75 Å². The molecule has 2 rings (SSSR count). The predicted molar refractivity (Wildman–Crippen MR) is 69.4 cm³/mol. The monoisotopic (exact) mass is 233 g/mol. The average molecular weight is 233 g/mol. The van der Waals surface area contributed by atoms with Crippen LogP contribution in [0.1, 0.15) is 10.4 Å². The van der Waals surface area contributed by atoms with E-state index in [-0.39, 0.29) is 0 Å². The normalized spacial score (nSPS) is 10.1. The first-order valence-corrected chi connectivity index (χ1v) is 6.08. The minimum absolute atomic E-state index is 0.878. The lowest BCUT2D eigenvalue weighted by Crippen LogP contribution is -1.98. The van der Waals surface area contributed by atoms with Crippen LogP contribution in [0, 0.1) is 6.92 Å². The molecule has 1 heterocycles. The molecule has 0 atom stereocenters. The molecule has 0 amide bonds. The molecule has 1 aromatic carbocycles. The Bertz CT molecular complexity index is 451. The third kappa shape index (κ3) is 2.55. The van der Waals surface area contributed by atoms with Crippen LogP contribution in [0.15, 0.2) is 35.7 Å². The Morgan fingerprint density at radius 3 is 2.81 bits per heavy atom. The fourth-order valence-corrected chi connectivity index (χ4v) is 2.24. The van der Waals surface area contributed by atoms with Gasteiger partial charge in [0.25, 0.3) is 0 Å². The third-order valence-corrected chi connectivity index (χ3v) is 3.32. The van der Waals surface area contributed by atoms with Crippen molar-refractivity contribution in [2.75, 3.05) is 12.4 Å². The van der Waals surface area contributed by atoms with Crippen LogP contribution in [0.25, 0.3) is 0 Å². The molecule has 2 nitrogen and oxygen atoms in total. The molecule has 0 unspecified atom stereocenters. The highest BCUT2D eigenvalue weighted by atomic mass is 32.1. The van der Waals surface area contributed by atoms with Gasteiger partial charge in [-0.2, -0.15) is 0 Å². The summed E-state index contributed by atoms with van der Waals surface area (Å²) in [5.41, 5.74) is 2.28. The van der Waals surface area contributed by atoms with Crippen LogP contribution in [0.3, 0.4) is 0 Å². The molecule has 3 heteroatoms. The Kier molecular flexibility index (Phi) is 3.47. The van der Waals surface area contributed by atoms with E-state index in [1.165, 1.54) is 4.88 Å². The lowest BCUT2D eigenvalue weighted by atomic mass is 10.2. The second kappa shape index (κ2) is 5.03. The van der Waals surface area contributed by atoms with Gasteiger partial charge in [-0.05, 0) is 42.1 Å². The van der Waals surface area contributed by atoms with Crippen molar-refractivity contribution in [1.82, 2.24) is 0 Å². The maximum absolute atomic E-state index is 5.22. The van der Waals surface area contributed by atoms with Crippen molar-refractivity contribution < 1.29 is 4.74 Å². The maximum Gasteiger partial charge on any atom is 0.121 e. The standard InChI is InChI=1S/C13H15NOS/c1-10-8-11(5-6-13(10)15-2)14-9-12-4-3-7-16-12/h3-8,14H,9H2,1-2H3. The van der Waals surface area contributed by atoms with E-state index in [2.05, 4.69) is 35.8 Å². The quantitative estimate of drug-likeness (QED) is 0.869. The first kappa shape index (κ1) is 11.0. The zero-order valence-electron chi connectivity index (χ0n) is 9.49. The first-order valence-electron chi connectivity index (χ1n) is 5.20. The molecule has 84 valence electrons. The molecule has 16 heavy (non-hydrogen) atoms. The van der Waals surface area contributed by atoms with E-state index in [0.29, 0.717) is 0 Å². The van der Waals surface area contributed by atoms with Gasteiger partial charge >= 0.3 is 0 Å². The van der Waals surface area contributed by atoms with E-state index in [1.54, 1.807) is 18.4 Å². The Labute approximate surface area is 99.9 Å². The highest BCUT2D eigenvalue weighted by Crippen LogP contribution is 2.22. The van der Waals surface area contributed by atoms with Gasteiger partial charge in [-0.1, -0.05) is 6.07 Å². The van der Waals surface area contributed by atoms with E-state index in [4.69, 9.17) is 4.74 Å². The van der Waals surface area contributed by atoms with Crippen LogP contribution in [0.4, 0.5) is 5.69 Å². The van der Waals surface area contributed by atoms with E-state index in [1.807, 2.05) is 12.1 Å². The van der Waals surface area contributed by atoms with Crippen molar-refractivity contribution >= 4 is 17.0 Å². The summed E-state index contributed by atoms with van der Waals surface area (Å²) in [6.07, 6.45) is 0. The lowest BCUT2D eigenvalue weighted by Gasteiger charge is -2.09. The number of hydrogen-bond donors (Lipinski definition) is 1. The number of methoxy groups -OCH3 is 1. The molecule has 0 aliphatic rings. The van der Waals surface area contributed by atoms with E-state index >= 15 is 0 Å². The van der Waals surface area contributed by atoms with Crippen molar-refractivity contribution in [3.05, 3.63) is 46.2 Å². The van der Waals surface area contributed by atoms with E-state index < -0.39 is 0 Å². The van der Waals surface area contributed by atoms with Gasteiger partial charge < -0.3 is 10.1 Å². The minimum atomic E-state index is 0.878. The molecule has 0 aliphatic heterocycles. The number of benzene rings is 1. The fourth-order valence-electron chi connectivity index (χ4n) is 1.59. The number of nitrogens with one attached hydrogen (secondary N) is 1. The zero-order chi connectivity index (χ0) is 11.4. The number of anilines is 1. The number of rotatable bonds is 4. The third-order valence-electron chi connectivity index (χ3n) is 2.44. The SMILES string of the molecule is COc1ccc(NCc2cccs2)cc1C. The van der Waals surface area contributed by atoms with Crippen molar-refractivity contribution in [2.24, 2.45) is 0 Å². The molecular formula is C13H15NOS. The van der Waals surface area contributed by atoms with Crippen LogP contribution >= 0.6 is 11.3 Å². The van der Waals surface area contributed by atoms with Crippen molar-refractivity contribution in [3.63, 3.8) is 0 Å². The van der Waals surface area contributed by atoms with Crippen LogP contribution in [-0.4, -0.2) is 7.11 Å². The van der Waals surface area contributed by atoms with Crippen LogP contribution in [0.5, 0.6) is 5.75 Å². The van der Waals surface area contributed by atoms with E-state index in [9.17, 15) is 0 Å². The molecular weight excluding hydrogens is 218 g/mol. The second-order valence-electron chi connectivity index (χ2n) is 3.62. The number of ether oxygens (including phenoxy) is 1. The second-order valence-corrected chi connectivity index (χ2v) is 4.65. The summed E-state index contributed by atoms with van der Waals surface area (Å²) >= 11 is 1.77. The van der Waals surface area contributed by atoms with Gasteiger partial charge in [0.05, 0.1) is 7.11 Å². The summed E-state index contributed by atoms with van der Waals surface area (Å²) in [4.78, 5) is 1.34. The largest absolute Gasteiger partial charge is 0.496 e. The summed E-state index contributed by atoms with van der Waals surface area (Å²) in [7, 11) is 1.70.